The number of fused-ring (bicyclic) bond motifs is 1. The van der Waals surface area contributed by atoms with E-state index in [9.17, 15) is 9.59 Å². The summed E-state index contributed by atoms with van der Waals surface area (Å²) in [4.78, 5) is 27.3. The molecule has 178 valence electrons. The lowest BCUT2D eigenvalue weighted by atomic mass is 10.0. The Morgan fingerprint density at radius 3 is 2.51 bits per heavy atom. The first-order valence-electron chi connectivity index (χ1n) is 11.0. The van der Waals surface area contributed by atoms with E-state index in [0.717, 1.165) is 26.5 Å². The maximum atomic E-state index is 12.9. The van der Waals surface area contributed by atoms with Crippen LogP contribution < -0.4 is 15.5 Å². The van der Waals surface area contributed by atoms with Gasteiger partial charge in [-0.2, -0.15) is 0 Å². The molecule has 0 saturated carbocycles. The summed E-state index contributed by atoms with van der Waals surface area (Å²) in [6.45, 7) is 0.268. The van der Waals surface area contributed by atoms with Crippen LogP contribution in [-0.4, -0.2) is 34.7 Å². The molecule has 0 aliphatic heterocycles. The Kier molecular flexibility index (Phi) is 7.97. The molecular formula is C27H24BrN3O4. The maximum absolute atomic E-state index is 12.9. The zero-order valence-electron chi connectivity index (χ0n) is 18.7. The van der Waals surface area contributed by atoms with Gasteiger partial charge in [0.25, 0.3) is 11.8 Å². The second-order valence-electron chi connectivity index (χ2n) is 7.93. The standard InChI is InChI=1S/C27H24BrN3O4/c28-21-10-8-19(9-11-21)27(33)30-22(15-20-16-29-25-4-2-1-3-24(20)25)17-35-23-12-5-18(6-13-23)7-14-26(32)31-34/h1-14,16,22,29,34H,15,17H2,(H,30,33)(H,31,32)/b14-7+/t22-/m0/s1. The molecule has 0 saturated heterocycles. The van der Waals surface area contributed by atoms with E-state index < -0.39 is 5.91 Å². The van der Waals surface area contributed by atoms with E-state index >= 15 is 0 Å². The lowest BCUT2D eigenvalue weighted by molar-refractivity contribution is -0.124. The molecule has 3 aromatic carbocycles. The van der Waals surface area contributed by atoms with Crippen LogP contribution in [0.1, 0.15) is 21.5 Å². The molecule has 0 unspecified atom stereocenters. The second kappa shape index (κ2) is 11.5. The van der Waals surface area contributed by atoms with Crippen LogP contribution in [0, 0.1) is 0 Å². The minimum atomic E-state index is -0.605. The van der Waals surface area contributed by atoms with Crippen LogP contribution in [0.5, 0.6) is 5.75 Å². The molecule has 0 aliphatic carbocycles. The summed E-state index contributed by atoms with van der Waals surface area (Å²) < 4.78 is 6.92. The van der Waals surface area contributed by atoms with Crippen molar-refractivity contribution >= 4 is 44.7 Å². The van der Waals surface area contributed by atoms with Crippen LogP contribution in [0.15, 0.2) is 89.5 Å². The predicted molar refractivity (Wildman–Crippen MR) is 138 cm³/mol. The Morgan fingerprint density at radius 1 is 1.03 bits per heavy atom. The minimum absolute atomic E-state index is 0.173. The minimum Gasteiger partial charge on any atom is -0.491 e. The zero-order valence-corrected chi connectivity index (χ0v) is 20.3. The third kappa shape index (κ3) is 6.59. The van der Waals surface area contributed by atoms with E-state index in [-0.39, 0.29) is 18.6 Å². The zero-order chi connectivity index (χ0) is 24.6. The molecule has 8 heteroatoms. The highest BCUT2D eigenvalue weighted by molar-refractivity contribution is 9.10. The number of rotatable bonds is 9. The first kappa shape index (κ1) is 24.3. The molecule has 0 spiro atoms. The van der Waals surface area contributed by atoms with E-state index in [1.807, 2.05) is 36.5 Å². The number of aromatic nitrogens is 1. The van der Waals surface area contributed by atoms with Crippen molar-refractivity contribution in [2.75, 3.05) is 6.61 Å². The van der Waals surface area contributed by atoms with Crippen molar-refractivity contribution in [3.05, 3.63) is 106 Å². The Balaban J connectivity index is 1.47. The van der Waals surface area contributed by atoms with Gasteiger partial charge in [-0.15, -0.1) is 0 Å². The largest absolute Gasteiger partial charge is 0.491 e. The van der Waals surface area contributed by atoms with Gasteiger partial charge in [-0.25, -0.2) is 5.48 Å². The normalized spacial score (nSPS) is 11.9. The molecule has 0 fully saturated rings. The summed E-state index contributed by atoms with van der Waals surface area (Å²) >= 11 is 3.39. The molecule has 0 bridgehead atoms. The number of para-hydroxylation sites is 1. The molecule has 4 N–H and O–H groups in total. The summed E-state index contributed by atoms with van der Waals surface area (Å²) in [5.41, 5.74) is 5.03. The molecule has 2 amide bonds. The van der Waals surface area contributed by atoms with Crippen LogP contribution in [0.2, 0.25) is 0 Å². The summed E-state index contributed by atoms with van der Waals surface area (Å²) in [6.07, 6.45) is 5.36. The van der Waals surface area contributed by atoms with Gasteiger partial charge in [-0.1, -0.05) is 46.3 Å². The van der Waals surface area contributed by atoms with Gasteiger partial charge in [0.1, 0.15) is 12.4 Å². The summed E-state index contributed by atoms with van der Waals surface area (Å²) in [7, 11) is 0. The Morgan fingerprint density at radius 2 is 1.77 bits per heavy atom. The summed E-state index contributed by atoms with van der Waals surface area (Å²) in [6, 6.07) is 22.1. The van der Waals surface area contributed by atoms with Crippen molar-refractivity contribution < 1.29 is 19.5 Å². The van der Waals surface area contributed by atoms with Crippen LogP contribution in [0.3, 0.4) is 0 Å². The van der Waals surface area contributed by atoms with Gasteiger partial charge in [-0.3, -0.25) is 14.8 Å². The van der Waals surface area contributed by atoms with E-state index in [4.69, 9.17) is 9.94 Å². The number of ether oxygens (including phenoxy) is 1. The van der Waals surface area contributed by atoms with Crippen LogP contribution >= 0.6 is 15.9 Å². The molecule has 35 heavy (non-hydrogen) atoms. The molecule has 4 aromatic rings. The fraction of sp³-hybridized carbons (Fsp3) is 0.111. The van der Waals surface area contributed by atoms with Gasteiger partial charge < -0.3 is 15.0 Å². The number of H-pyrrole nitrogens is 1. The van der Waals surface area contributed by atoms with E-state index in [2.05, 4.69) is 32.3 Å². The number of aromatic amines is 1. The number of carbonyl (C=O) groups is 2. The van der Waals surface area contributed by atoms with Crippen LogP contribution in [0.4, 0.5) is 0 Å². The van der Waals surface area contributed by atoms with Gasteiger partial charge in [0, 0.05) is 33.2 Å². The number of hydrogen-bond acceptors (Lipinski definition) is 4. The van der Waals surface area contributed by atoms with Crippen molar-refractivity contribution in [1.82, 2.24) is 15.8 Å². The molecule has 0 aliphatic rings. The van der Waals surface area contributed by atoms with Crippen molar-refractivity contribution in [2.45, 2.75) is 12.5 Å². The van der Waals surface area contributed by atoms with Gasteiger partial charge in [-0.05, 0) is 66.1 Å². The summed E-state index contributed by atoms with van der Waals surface area (Å²) in [5.74, 6) is -0.142. The average molecular weight is 534 g/mol. The first-order chi connectivity index (χ1) is 17.0. The predicted octanol–water partition coefficient (Wildman–Crippen LogP) is 4.87. The number of carbonyl (C=O) groups excluding carboxylic acids is 2. The third-order valence-electron chi connectivity index (χ3n) is 5.45. The van der Waals surface area contributed by atoms with Gasteiger partial charge in [0.2, 0.25) is 0 Å². The number of benzene rings is 3. The number of halogens is 1. The SMILES string of the molecule is O=C(/C=C/c1ccc(OC[C@H](Cc2c[nH]c3ccccc23)NC(=O)c2ccc(Br)cc2)cc1)NO. The average Bonchev–Trinajstić information content (AvgIpc) is 3.29. The fourth-order valence-corrected chi connectivity index (χ4v) is 3.93. The smallest absolute Gasteiger partial charge is 0.267 e. The number of amides is 2. The van der Waals surface area contributed by atoms with E-state index in [1.165, 1.54) is 6.08 Å². The Hall–Kier alpha value is -3.88. The quantitative estimate of drug-likeness (QED) is 0.140. The number of hydroxylamine groups is 1. The third-order valence-corrected chi connectivity index (χ3v) is 5.98. The lowest BCUT2D eigenvalue weighted by Gasteiger charge is -2.20. The molecule has 7 nitrogen and oxygen atoms in total. The number of hydrogen-bond donors (Lipinski definition) is 4. The molecule has 1 aromatic heterocycles. The fourth-order valence-electron chi connectivity index (χ4n) is 3.67. The second-order valence-corrected chi connectivity index (χ2v) is 8.85. The maximum Gasteiger partial charge on any atom is 0.267 e. The van der Waals surface area contributed by atoms with E-state index in [0.29, 0.717) is 17.7 Å². The van der Waals surface area contributed by atoms with Gasteiger partial charge >= 0.3 is 0 Å². The highest BCUT2D eigenvalue weighted by Crippen LogP contribution is 2.20. The summed E-state index contributed by atoms with van der Waals surface area (Å²) in [5, 5.41) is 12.8. The van der Waals surface area contributed by atoms with Crippen molar-refractivity contribution in [3.8, 4) is 5.75 Å². The molecular weight excluding hydrogens is 510 g/mol. The van der Waals surface area contributed by atoms with Crippen molar-refractivity contribution in [3.63, 3.8) is 0 Å². The highest BCUT2D eigenvalue weighted by atomic mass is 79.9. The van der Waals surface area contributed by atoms with Crippen LogP contribution in [0.25, 0.3) is 17.0 Å². The van der Waals surface area contributed by atoms with Gasteiger partial charge in [0.05, 0.1) is 6.04 Å². The van der Waals surface area contributed by atoms with Crippen LogP contribution in [-0.2, 0) is 11.2 Å². The first-order valence-corrected chi connectivity index (χ1v) is 11.8. The Labute approximate surface area is 210 Å². The van der Waals surface area contributed by atoms with Crippen molar-refractivity contribution in [2.24, 2.45) is 0 Å². The monoisotopic (exact) mass is 533 g/mol. The Bertz CT molecular complexity index is 1330. The van der Waals surface area contributed by atoms with Crippen molar-refractivity contribution in [1.29, 1.82) is 0 Å². The molecule has 1 heterocycles. The topological polar surface area (TPSA) is 103 Å². The highest BCUT2D eigenvalue weighted by Gasteiger charge is 2.17. The molecule has 1 atom stereocenters. The molecule has 4 rings (SSSR count). The molecule has 0 radical (unpaired) electrons. The lowest BCUT2D eigenvalue weighted by Crippen LogP contribution is -2.40. The van der Waals surface area contributed by atoms with Gasteiger partial charge in [0.15, 0.2) is 0 Å². The van der Waals surface area contributed by atoms with E-state index in [1.54, 1.807) is 48.0 Å². The number of nitrogens with one attached hydrogen (secondary N) is 3.